The summed E-state index contributed by atoms with van der Waals surface area (Å²) in [6.45, 7) is 5.40. The van der Waals surface area contributed by atoms with Crippen LogP contribution in [0.15, 0.2) is 18.2 Å². The van der Waals surface area contributed by atoms with Crippen molar-refractivity contribution in [1.82, 2.24) is 5.32 Å². The van der Waals surface area contributed by atoms with Crippen LogP contribution in [0.4, 0.5) is 0 Å². The quantitative estimate of drug-likeness (QED) is 0.803. The van der Waals surface area contributed by atoms with Crippen LogP contribution in [0.1, 0.15) is 66.4 Å². The van der Waals surface area contributed by atoms with E-state index in [1.165, 1.54) is 25.7 Å². The van der Waals surface area contributed by atoms with Gasteiger partial charge in [0.2, 0.25) is 0 Å². The number of amides is 1. The molecule has 2 nitrogen and oxygen atoms in total. The van der Waals surface area contributed by atoms with Gasteiger partial charge in [0.1, 0.15) is 0 Å². The lowest BCUT2D eigenvalue weighted by Crippen LogP contribution is -2.33. The molecule has 0 spiro atoms. The van der Waals surface area contributed by atoms with E-state index >= 15 is 0 Å². The number of alkyl halides is 1. The van der Waals surface area contributed by atoms with Gasteiger partial charge >= 0.3 is 0 Å². The summed E-state index contributed by atoms with van der Waals surface area (Å²) in [5.74, 6) is 0.530. The number of fused-ring (bicyclic) bond motifs is 1. The lowest BCUT2D eigenvalue weighted by Gasteiger charge is -2.41. The molecule has 0 saturated heterocycles. The van der Waals surface area contributed by atoms with E-state index in [0.29, 0.717) is 5.92 Å². The minimum atomic E-state index is 0.000302. The average Bonchev–Trinajstić information content (AvgIpc) is 2.46. The third kappa shape index (κ3) is 2.83. The number of hydrogen-bond acceptors (Lipinski definition) is 1. The number of rotatable bonds is 2. The van der Waals surface area contributed by atoms with Crippen LogP contribution in [0.5, 0.6) is 0 Å². The summed E-state index contributed by atoms with van der Waals surface area (Å²) in [7, 11) is 0. The van der Waals surface area contributed by atoms with Gasteiger partial charge in [-0.2, -0.15) is 0 Å². The van der Waals surface area contributed by atoms with Gasteiger partial charge < -0.3 is 5.32 Å². The molecule has 114 valence electrons. The van der Waals surface area contributed by atoms with Gasteiger partial charge in [-0.25, -0.2) is 0 Å². The highest BCUT2D eigenvalue weighted by atomic mass is 35.5. The predicted molar refractivity (Wildman–Crippen MR) is 86.8 cm³/mol. The highest BCUT2D eigenvalue weighted by Crippen LogP contribution is 2.49. The molecule has 1 saturated carbocycles. The van der Waals surface area contributed by atoms with Crippen molar-refractivity contribution in [1.29, 1.82) is 0 Å². The average molecular weight is 306 g/mol. The summed E-state index contributed by atoms with van der Waals surface area (Å²) >= 11 is 6.83. The fraction of sp³-hybridized carbons (Fsp3) is 0.611. The van der Waals surface area contributed by atoms with Gasteiger partial charge in [0.15, 0.2) is 0 Å². The van der Waals surface area contributed by atoms with Crippen LogP contribution in [0.3, 0.4) is 0 Å². The van der Waals surface area contributed by atoms with Gasteiger partial charge in [0.05, 0.1) is 5.38 Å². The first-order valence-corrected chi connectivity index (χ1v) is 8.48. The van der Waals surface area contributed by atoms with E-state index in [2.05, 4.69) is 31.3 Å². The fourth-order valence-electron chi connectivity index (χ4n) is 3.90. The Morgan fingerprint density at radius 1 is 1.33 bits per heavy atom. The second-order valence-electron chi connectivity index (χ2n) is 7.17. The van der Waals surface area contributed by atoms with Crippen LogP contribution >= 0.6 is 11.6 Å². The zero-order valence-corrected chi connectivity index (χ0v) is 13.7. The van der Waals surface area contributed by atoms with E-state index in [4.69, 9.17) is 11.6 Å². The summed E-state index contributed by atoms with van der Waals surface area (Å²) in [5.41, 5.74) is 3.35. The summed E-state index contributed by atoms with van der Waals surface area (Å²) < 4.78 is 0. The van der Waals surface area contributed by atoms with Gasteiger partial charge in [-0.15, -0.1) is 11.6 Å². The Bertz CT molecular complexity index is 552. The molecule has 21 heavy (non-hydrogen) atoms. The van der Waals surface area contributed by atoms with Crippen molar-refractivity contribution >= 4 is 17.5 Å². The molecule has 1 aliphatic carbocycles. The first kappa shape index (κ1) is 14.9. The normalized spacial score (nSPS) is 25.9. The molecule has 1 aromatic rings. The van der Waals surface area contributed by atoms with Crippen molar-refractivity contribution in [3.8, 4) is 0 Å². The summed E-state index contributed by atoms with van der Waals surface area (Å²) in [5, 5.41) is 2.92. The molecule has 1 aromatic carbocycles. The number of halogens is 1. The number of carbonyl (C=O) groups excluding carboxylic acids is 1. The van der Waals surface area contributed by atoms with Gasteiger partial charge in [0.25, 0.3) is 5.91 Å². The second kappa shape index (κ2) is 5.64. The minimum absolute atomic E-state index is 0.000302. The molecule has 3 heteroatoms. The molecule has 1 fully saturated rings. The van der Waals surface area contributed by atoms with Crippen molar-refractivity contribution in [2.75, 3.05) is 6.54 Å². The van der Waals surface area contributed by atoms with Gasteiger partial charge in [-0.05, 0) is 47.8 Å². The number of hydrogen-bond donors (Lipinski definition) is 1. The van der Waals surface area contributed by atoms with Crippen molar-refractivity contribution < 1.29 is 4.79 Å². The lowest BCUT2D eigenvalue weighted by molar-refractivity contribution is 0.0945. The highest BCUT2D eigenvalue weighted by Gasteiger charge is 2.37. The van der Waals surface area contributed by atoms with Crippen LogP contribution in [0.25, 0.3) is 0 Å². The SMILES string of the molecule is CC1(C)CCCCC1C(Cl)c1ccc2c(c1)C(=O)NCC2. The van der Waals surface area contributed by atoms with Crippen LogP contribution in [0.2, 0.25) is 0 Å². The van der Waals surface area contributed by atoms with Crippen LogP contribution in [0, 0.1) is 11.3 Å². The molecule has 0 radical (unpaired) electrons. The largest absolute Gasteiger partial charge is 0.352 e. The van der Waals surface area contributed by atoms with E-state index in [9.17, 15) is 4.79 Å². The Morgan fingerprint density at radius 3 is 2.90 bits per heavy atom. The maximum absolute atomic E-state index is 12.0. The van der Waals surface area contributed by atoms with Gasteiger partial charge in [-0.1, -0.05) is 38.8 Å². The lowest BCUT2D eigenvalue weighted by atomic mass is 9.66. The molecule has 0 bridgehead atoms. The number of carbonyl (C=O) groups is 1. The van der Waals surface area contributed by atoms with Crippen molar-refractivity contribution in [3.63, 3.8) is 0 Å². The smallest absolute Gasteiger partial charge is 0.251 e. The van der Waals surface area contributed by atoms with E-state index < -0.39 is 0 Å². The Hall–Kier alpha value is -1.02. The Labute approximate surface area is 132 Å². The highest BCUT2D eigenvalue weighted by molar-refractivity contribution is 6.21. The van der Waals surface area contributed by atoms with Crippen LogP contribution in [-0.4, -0.2) is 12.5 Å². The third-order valence-corrected chi connectivity index (χ3v) is 5.88. The van der Waals surface area contributed by atoms with Crippen molar-refractivity contribution in [2.45, 2.75) is 51.3 Å². The van der Waals surface area contributed by atoms with Gasteiger partial charge in [0, 0.05) is 12.1 Å². The topological polar surface area (TPSA) is 29.1 Å². The Kier molecular flexibility index (Phi) is 4.00. The zero-order valence-electron chi connectivity index (χ0n) is 12.9. The maximum atomic E-state index is 12.0. The van der Waals surface area contributed by atoms with E-state index in [-0.39, 0.29) is 16.7 Å². The van der Waals surface area contributed by atoms with E-state index in [1.54, 1.807) is 0 Å². The molecule has 1 N–H and O–H groups in total. The molecule has 0 aromatic heterocycles. The molecular weight excluding hydrogens is 282 g/mol. The van der Waals surface area contributed by atoms with Gasteiger partial charge in [-0.3, -0.25) is 4.79 Å². The monoisotopic (exact) mass is 305 g/mol. The van der Waals surface area contributed by atoms with Crippen molar-refractivity contribution in [2.24, 2.45) is 11.3 Å². The van der Waals surface area contributed by atoms with E-state index in [1.807, 2.05) is 6.07 Å². The maximum Gasteiger partial charge on any atom is 0.251 e. The fourth-order valence-corrected chi connectivity index (χ4v) is 4.50. The van der Waals surface area contributed by atoms with Crippen LogP contribution in [-0.2, 0) is 6.42 Å². The molecule has 2 unspecified atom stereocenters. The molecule has 2 atom stereocenters. The molecular formula is C18H24ClNO. The number of nitrogens with one attached hydrogen (secondary N) is 1. The molecule has 3 rings (SSSR count). The molecule has 2 aliphatic rings. The standard InChI is InChI=1S/C18H24ClNO/c1-18(2)9-4-3-5-15(18)16(19)13-7-6-12-8-10-20-17(21)14(12)11-13/h6-7,11,15-16H,3-5,8-10H2,1-2H3,(H,20,21). The molecule has 1 amide bonds. The zero-order chi connectivity index (χ0) is 15.0. The van der Waals surface area contributed by atoms with E-state index in [0.717, 1.165) is 29.7 Å². The molecule has 1 heterocycles. The number of benzene rings is 1. The summed E-state index contributed by atoms with van der Waals surface area (Å²) in [4.78, 5) is 12.0. The Balaban J connectivity index is 1.89. The third-order valence-electron chi connectivity index (χ3n) is 5.32. The Morgan fingerprint density at radius 2 is 2.14 bits per heavy atom. The van der Waals surface area contributed by atoms with Crippen LogP contribution < -0.4 is 5.32 Å². The second-order valence-corrected chi connectivity index (χ2v) is 7.64. The molecule has 1 aliphatic heterocycles. The minimum Gasteiger partial charge on any atom is -0.352 e. The predicted octanol–water partition coefficient (Wildman–Crippen LogP) is 4.47. The summed E-state index contributed by atoms with van der Waals surface area (Å²) in [6, 6.07) is 6.24. The van der Waals surface area contributed by atoms with Crippen molar-refractivity contribution in [3.05, 3.63) is 34.9 Å². The first-order valence-electron chi connectivity index (χ1n) is 8.04. The summed E-state index contributed by atoms with van der Waals surface area (Å²) in [6.07, 6.45) is 5.92. The first-order chi connectivity index (χ1) is 9.99.